The van der Waals surface area contributed by atoms with Gasteiger partial charge in [0.05, 0.1) is 34.5 Å². The van der Waals surface area contributed by atoms with Crippen molar-refractivity contribution >= 4 is 11.8 Å². The number of halogens is 1. The van der Waals surface area contributed by atoms with Gasteiger partial charge in [-0.25, -0.2) is 9.07 Å². The van der Waals surface area contributed by atoms with Crippen LogP contribution in [0.1, 0.15) is 32.1 Å². The molecule has 3 aromatic rings. The molecule has 7 nitrogen and oxygen atoms in total. The molecule has 0 bridgehead atoms. The van der Waals surface area contributed by atoms with E-state index in [1.807, 2.05) is 6.92 Å². The number of benzene rings is 1. The van der Waals surface area contributed by atoms with Crippen molar-refractivity contribution in [1.29, 1.82) is 0 Å². The van der Waals surface area contributed by atoms with Crippen molar-refractivity contribution in [2.24, 2.45) is 0 Å². The lowest BCUT2D eigenvalue weighted by atomic mass is 10.1. The number of rotatable bonds is 3. The fraction of sp³-hybridized carbons (Fsp3) is 0.286. The normalized spacial score (nSPS) is 14.3. The summed E-state index contributed by atoms with van der Waals surface area (Å²) in [5.74, 6) is -0.527. The molecular formula is C21H21FN4O3. The van der Waals surface area contributed by atoms with E-state index < -0.39 is 0 Å². The van der Waals surface area contributed by atoms with Gasteiger partial charge in [0.25, 0.3) is 11.8 Å². The summed E-state index contributed by atoms with van der Waals surface area (Å²) in [6.45, 7) is 5.43. The van der Waals surface area contributed by atoms with Gasteiger partial charge in [-0.05, 0) is 44.2 Å². The molecule has 0 spiro atoms. The number of amides is 2. The highest BCUT2D eigenvalue weighted by Crippen LogP contribution is 2.21. The third-order valence-electron chi connectivity index (χ3n) is 5.20. The standard InChI is InChI=1S/C21H21FN4O3/c1-14-19(15(2)26(23-14)18-5-3-17(22)4-6-18)21(28)25-10-8-24(9-11-25)20(27)16-7-12-29-13-16/h3-7,12-13H,8-11H2,1-2H3. The molecule has 0 saturated carbocycles. The zero-order chi connectivity index (χ0) is 20.5. The highest BCUT2D eigenvalue weighted by Gasteiger charge is 2.29. The fourth-order valence-corrected chi connectivity index (χ4v) is 3.63. The minimum Gasteiger partial charge on any atom is -0.472 e. The molecule has 0 N–H and O–H groups in total. The molecule has 0 atom stereocenters. The minimum atomic E-state index is -0.325. The summed E-state index contributed by atoms with van der Waals surface area (Å²) >= 11 is 0. The number of carbonyl (C=O) groups excluding carboxylic acids is 2. The van der Waals surface area contributed by atoms with E-state index in [9.17, 15) is 14.0 Å². The summed E-state index contributed by atoms with van der Waals surface area (Å²) in [5.41, 5.74) is 3.08. The fourth-order valence-electron chi connectivity index (χ4n) is 3.63. The van der Waals surface area contributed by atoms with E-state index in [0.29, 0.717) is 54.4 Å². The molecule has 3 heterocycles. The van der Waals surface area contributed by atoms with Crippen LogP contribution in [0.15, 0.2) is 47.3 Å². The Kier molecular flexibility index (Phi) is 4.92. The van der Waals surface area contributed by atoms with Crippen molar-refractivity contribution in [2.75, 3.05) is 26.2 Å². The number of nitrogens with zero attached hydrogens (tertiary/aromatic N) is 4. The van der Waals surface area contributed by atoms with Crippen molar-refractivity contribution in [3.8, 4) is 5.69 Å². The monoisotopic (exact) mass is 396 g/mol. The van der Waals surface area contributed by atoms with Gasteiger partial charge in [0, 0.05) is 26.2 Å². The molecule has 2 amide bonds. The van der Waals surface area contributed by atoms with E-state index >= 15 is 0 Å². The molecule has 1 saturated heterocycles. The number of hydrogen-bond acceptors (Lipinski definition) is 4. The lowest BCUT2D eigenvalue weighted by Gasteiger charge is -2.34. The van der Waals surface area contributed by atoms with Gasteiger partial charge < -0.3 is 14.2 Å². The molecule has 1 aromatic carbocycles. The smallest absolute Gasteiger partial charge is 0.257 e. The molecule has 1 aliphatic heterocycles. The van der Waals surface area contributed by atoms with Gasteiger partial charge in [-0.2, -0.15) is 5.10 Å². The summed E-state index contributed by atoms with van der Waals surface area (Å²) in [6, 6.07) is 7.62. The van der Waals surface area contributed by atoms with E-state index in [1.165, 1.54) is 24.7 Å². The summed E-state index contributed by atoms with van der Waals surface area (Å²) in [4.78, 5) is 29.0. The van der Waals surface area contributed by atoms with Gasteiger partial charge in [-0.3, -0.25) is 9.59 Å². The predicted molar refractivity (Wildman–Crippen MR) is 104 cm³/mol. The van der Waals surface area contributed by atoms with Crippen molar-refractivity contribution in [1.82, 2.24) is 19.6 Å². The summed E-state index contributed by atoms with van der Waals surface area (Å²) < 4.78 is 19.8. The van der Waals surface area contributed by atoms with Gasteiger partial charge in [-0.15, -0.1) is 0 Å². The Bertz CT molecular complexity index is 1030. The highest BCUT2D eigenvalue weighted by atomic mass is 19.1. The number of hydrogen-bond donors (Lipinski definition) is 0. The molecule has 29 heavy (non-hydrogen) atoms. The SMILES string of the molecule is Cc1nn(-c2ccc(F)cc2)c(C)c1C(=O)N1CCN(C(=O)c2ccoc2)CC1. The van der Waals surface area contributed by atoms with Crippen LogP contribution in [-0.2, 0) is 0 Å². The third-order valence-corrected chi connectivity index (χ3v) is 5.20. The Labute approximate surface area is 167 Å². The van der Waals surface area contributed by atoms with Crippen LogP contribution in [-0.4, -0.2) is 57.6 Å². The number of piperazine rings is 1. The van der Waals surface area contributed by atoms with Gasteiger partial charge in [-0.1, -0.05) is 0 Å². The zero-order valence-electron chi connectivity index (χ0n) is 16.3. The van der Waals surface area contributed by atoms with Crippen LogP contribution < -0.4 is 0 Å². The maximum absolute atomic E-state index is 13.2. The first-order valence-corrected chi connectivity index (χ1v) is 9.38. The lowest BCUT2D eigenvalue weighted by Crippen LogP contribution is -2.50. The van der Waals surface area contributed by atoms with E-state index in [-0.39, 0.29) is 17.6 Å². The Morgan fingerprint density at radius 2 is 1.59 bits per heavy atom. The third kappa shape index (κ3) is 3.53. The Morgan fingerprint density at radius 3 is 2.17 bits per heavy atom. The second kappa shape index (κ2) is 7.54. The van der Waals surface area contributed by atoms with E-state index in [4.69, 9.17) is 4.42 Å². The largest absolute Gasteiger partial charge is 0.472 e. The van der Waals surface area contributed by atoms with Crippen LogP contribution in [0.25, 0.3) is 5.69 Å². The Hall–Kier alpha value is -3.42. The highest BCUT2D eigenvalue weighted by molar-refractivity contribution is 5.97. The van der Waals surface area contributed by atoms with Gasteiger partial charge in [0.15, 0.2) is 0 Å². The average molecular weight is 396 g/mol. The summed E-state index contributed by atoms with van der Waals surface area (Å²) in [7, 11) is 0. The molecular weight excluding hydrogens is 375 g/mol. The quantitative estimate of drug-likeness (QED) is 0.683. The van der Waals surface area contributed by atoms with Crippen LogP contribution in [0.2, 0.25) is 0 Å². The summed E-state index contributed by atoms with van der Waals surface area (Å²) in [6.07, 6.45) is 2.90. The average Bonchev–Trinajstić information content (AvgIpc) is 3.36. The molecule has 0 unspecified atom stereocenters. The Balaban J connectivity index is 1.49. The Morgan fingerprint density at radius 1 is 0.966 bits per heavy atom. The molecule has 8 heteroatoms. The molecule has 4 rings (SSSR count). The minimum absolute atomic E-state index is 0.0951. The molecule has 0 aliphatic carbocycles. The molecule has 1 fully saturated rings. The maximum atomic E-state index is 13.2. The van der Waals surface area contributed by atoms with Crippen molar-refractivity contribution < 1.29 is 18.4 Å². The van der Waals surface area contributed by atoms with Crippen LogP contribution in [0.4, 0.5) is 4.39 Å². The molecule has 150 valence electrons. The maximum Gasteiger partial charge on any atom is 0.257 e. The first-order chi connectivity index (χ1) is 14.0. The van der Waals surface area contributed by atoms with Crippen LogP contribution in [0, 0.1) is 19.7 Å². The number of aryl methyl sites for hydroxylation is 1. The second-order valence-electron chi connectivity index (χ2n) is 7.03. The van der Waals surface area contributed by atoms with Gasteiger partial charge in [0.2, 0.25) is 0 Å². The molecule has 0 radical (unpaired) electrons. The van der Waals surface area contributed by atoms with Crippen LogP contribution in [0.5, 0.6) is 0 Å². The molecule has 2 aromatic heterocycles. The van der Waals surface area contributed by atoms with Gasteiger partial charge in [0.1, 0.15) is 12.1 Å². The van der Waals surface area contributed by atoms with Crippen molar-refractivity contribution in [3.05, 3.63) is 71.2 Å². The number of carbonyl (C=O) groups is 2. The zero-order valence-corrected chi connectivity index (χ0v) is 16.3. The topological polar surface area (TPSA) is 71.6 Å². The summed E-state index contributed by atoms with van der Waals surface area (Å²) in [5, 5.41) is 4.47. The predicted octanol–water partition coefficient (Wildman–Crippen LogP) is 2.82. The first kappa shape index (κ1) is 18.9. The number of aromatic nitrogens is 2. The van der Waals surface area contributed by atoms with Crippen LogP contribution >= 0.6 is 0 Å². The molecule has 1 aliphatic rings. The van der Waals surface area contributed by atoms with E-state index in [1.54, 1.807) is 39.6 Å². The van der Waals surface area contributed by atoms with Gasteiger partial charge >= 0.3 is 0 Å². The first-order valence-electron chi connectivity index (χ1n) is 9.38. The van der Waals surface area contributed by atoms with Crippen molar-refractivity contribution in [2.45, 2.75) is 13.8 Å². The van der Waals surface area contributed by atoms with Crippen LogP contribution in [0.3, 0.4) is 0 Å². The number of furan rings is 1. The van der Waals surface area contributed by atoms with Crippen molar-refractivity contribution in [3.63, 3.8) is 0 Å². The van der Waals surface area contributed by atoms with E-state index in [2.05, 4.69) is 5.10 Å². The lowest BCUT2D eigenvalue weighted by molar-refractivity contribution is 0.0534. The van der Waals surface area contributed by atoms with E-state index in [0.717, 1.165) is 0 Å². The second-order valence-corrected chi connectivity index (χ2v) is 7.03.